The Morgan fingerprint density at radius 1 is 0.826 bits per heavy atom. The van der Waals surface area contributed by atoms with Crippen molar-refractivity contribution in [3.05, 3.63) is 58.6 Å². The molecule has 0 heterocycles. The predicted octanol–water partition coefficient (Wildman–Crippen LogP) is 5.38. The number of hydrogen-bond acceptors (Lipinski definition) is 3. The number of rotatable bonds is 8. The van der Waals surface area contributed by atoms with Crippen molar-refractivity contribution < 1.29 is 4.79 Å². The molecule has 0 aromatic heterocycles. The van der Waals surface area contributed by atoms with Crippen molar-refractivity contribution in [3.63, 3.8) is 0 Å². The summed E-state index contributed by atoms with van der Waals surface area (Å²) in [5.41, 5.74) is 0. The number of carbonyl (C=O) groups excluding carboxylic acids is 1. The lowest BCUT2D eigenvalue weighted by molar-refractivity contribution is -0.120. The van der Waals surface area contributed by atoms with Crippen LogP contribution in [0.15, 0.2) is 58.3 Å². The molecule has 0 aliphatic carbocycles. The first-order chi connectivity index (χ1) is 11.1. The zero-order valence-electron chi connectivity index (χ0n) is 12.4. The lowest BCUT2D eigenvalue weighted by Crippen LogP contribution is -2.25. The fraction of sp³-hybridized carbons (Fsp3) is 0.235. The minimum absolute atomic E-state index is 0.0863. The molecule has 6 heteroatoms. The molecule has 122 valence electrons. The smallest absolute Gasteiger partial charge is 0.220 e. The summed E-state index contributed by atoms with van der Waals surface area (Å²) in [7, 11) is 0. The average molecular weight is 386 g/mol. The standard InChI is InChI=1S/C17H17Cl2NOS2/c18-13-1-5-15(6-2-13)22-11-9-17(21)20-10-12-23-16-7-3-14(19)4-8-16/h1-8H,9-12H2,(H,20,21). The van der Waals surface area contributed by atoms with Crippen LogP contribution in [0, 0.1) is 0 Å². The second-order valence-corrected chi connectivity index (χ2v) is 7.91. The first-order valence-electron chi connectivity index (χ1n) is 7.17. The molecule has 0 bridgehead atoms. The number of amides is 1. The quantitative estimate of drug-likeness (QED) is 0.488. The molecule has 0 atom stereocenters. The summed E-state index contributed by atoms with van der Waals surface area (Å²) in [6, 6.07) is 15.4. The van der Waals surface area contributed by atoms with Crippen LogP contribution in [-0.2, 0) is 4.79 Å². The molecule has 2 aromatic carbocycles. The fourth-order valence-electron chi connectivity index (χ4n) is 1.77. The van der Waals surface area contributed by atoms with Crippen LogP contribution in [-0.4, -0.2) is 24.0 Å². The van der Waals surface area contributed by atoms with Gasteiger partial charge >= 0.3 is 0 Å². The van der Waals surface area contributed by atoms with Crippen molar-refractivity contribution in [2.75, 3.05) is 18.1 Å². The number of halogens is 2. The van der Waals surface area contributed by atoms with E-state index < -0.39 is 0 Å². The molecule has 0 saturated heterocycles. The Morgan fingerprint density at radius 2 is 1.30 bits per heavy atom. The fourth-order valence-corrected chi connectivity index (χ4v) is 3.64. The average Bonchev–Trinajstić information content (AvgIpc) is 2.55. The minimum atomic E-state index is 0.0863. The van der Waals surface area contributed by atoms with Crippen molar-refractivity contribution in [2.45, 2.75) is 16.2 Å². The van der Waals surface area contributed by atoms with E-state index in [1.54, 1.807) is 23.5 Å². The van der Waals surface area contributed by atoms with Crippen LogP contribution >= 0.6 is 46.7 Å². The Morgan fingerprint density at radius 3 is 1.83 bits per heavy atom. The maximum atomic E-state index is 11.8. The highest BCUT2D eigenvalue weighted by molar-refractivity contribution is 7.99. The maximum Gasteiger partial charge on any atom is 0.220 e. The topological polar surface area (TPSA) is 29.1 Å². The summed E-state index contributed by atoms with van der Waals surface area (Å²) < 4.78 is 0. The van der Waals surface area contributed by atoms with Gasteiger partial charge in [-0.15, -0.1) is 23.5 Å². The van der Waals surface area contributed by atoms with Crippen molar-refractivity contribution in [2.24, 2.45) is 0 Å². The van der Waals surface area contributed by atoms with Crippen LogP contribution < -0.4 is 5.32 Å². The van der Waals surface area contributed by atoms with Crippen molar-refractivity contribution in [1.29, 1.82) is 0 Å². The molecule has 0 saturated carbocycles. The predicted molar refractivity (Wildman–Crippen MR) is 102 cm³/mol. The van der Waals surface area contributed by atoms with Gasteiger partial charge in [-0.2, -0.15) is 0 Å². The van der Waals surface area contributed by atoms with Crippen LogP contribution in [0.4, 0.5) is 0 Å². The second kappa shape index (κ2) is 10.1. The van der Waals surface area contributed by atoms with E-state index in [2.05, 4.69) is 5.32 Å². The van der Waals surface area contributed by atoms with E-state index in [1.165, 1.54) is 0 Å². The Bertz CT molecular complexity index is 617. The van der Waals surface area contributed by atoms with E-state index in [0.29, 0.717) is 13.0 Å². The summed E-state index contributed by atoms with van der Waals surface area (Å²) in [6.07, 6.45) is 0.513. The van der Waals surface area contributed by atoms with Gasteiger partial charge in [0.15, 0.2) is 0 Å². The number of hydrogen-bond donors (Lipinski definition) is 1. The third kappa shape index (κ3) is 7.53. The van der Waals surface area contributed by atoms with Crippen molar-refractivity contribution in [1.82, 2.24) is 5.32 Å². The summed E-state index contributed by atoms with van der Waals surface area (Å²) in [5.74, 6) is 1.69. The van der Waals surface area contributed by atoms with Crippen LogP contribution in [0.25, 0.3) is 0 Å². The van der Waals surface area contributed by atoms with Gasteiger partial charge in [-0.05, 0) is 48.5 Å². The molecule has 2 nitrogen and oxygen atoms in total. The molecule has 1 amide bonds. The van der Waals surface area contributed by atoms with Gasteiger partial charge < -0.3 is 5.32 Å². The summed E-state index contributed by atoms with van der Waals surface area (Å²) >= 11 is 15.0. The highest BCUT2D eigenvalue weighted by Crippen LogP contribution is 2.21. The summed E-state index contributed by atoms with van der Waals surface area (Å²) in [6.45, 7) is 0.664. The van der Waals surface area contributed by atoms with Crippen LogP contribution in [0.3, 0.4) is 0 Å². The number of benzene rings is 2. The normalized spacial score (nSPS) is 10.5. The lowest BCUT2D eigenvalue weighted by Gasteiger charge is -2.06. The largest absolute Gasteiger partial charge is 0.355 e. The maximum absolute atomic E-state index is 11.8. The molecule has 2 aromatic rings. The van der Waals surface area contributed by atoms with E-state index in [-0.39, 0.29) is 5.91 Å². The molecule has 1 N–H and O–H groups in total. The molecule has 23 heavy (non-hydrogen) atoms. The number of carbonyl (C=O) groups is 1. The molecular formula is C17H17Cl2NOS2. The molecular weight excluding hydrogens is 369 g/mol. The highest BCUT2D eigenvalue weighted by atomic mass is 35.5. The van der Waals surface area contributed by atoms with E-state index in [4.69, 9.17) is 23.2 Å². The Balaban J connectivity index is 1.56. The monoisotopic (exact) mass is 385 g/mol. The first-order valence-corrected chi connectivity index (χ1v) is 9.89. The van der Waals surface area contributed by atoms with Gasteiger partial charge in [-0.25, -0.2) is 0 Å². The SMILES string of the molecule is O=C(CCSc1ccc(Cl)cc1)NCCSc1ccc(Cl)cc1. The van der Waals surface area contributed by atoms with Crippen LogP contribution in [0.1, 0.15) is 6.42 Å². The summed E-state index contributed by atoms with van der Waals surface area (Å²) in [4.78, 5) is 14.1. The van der Waals surface area contributed by atoms with E-state index >= 15 is 0 Å². The van der Waals surface area contributed by atoms with Crippen LogP contribution in [0.2, 0.25) is 10.0 Å². The molecule has 0 unspecified atom stereocenters. The zero-order valence-corrected chi connectivity index (χ0v) is 15.6. The number of nitrogens with one attached hydrogen (secondary N) is 1. The van der Waals surface area contributed by atoms with Crippen LogP contribution in [0.5, 0.6) is 0 Å². The third-order valence-corrected chi connectivity index (χ3v) is 5.45. The molecule has 2 rings (SSSR count). The Labute approximate surface area is 155 Å². The van der Waals surface area contributed by atoms with Crippen molar-refractivity contribution >= 4 is 52.6 Å². The highest BCUT2D eigenvalue weighted by Gasteiger charge is 2.02. The lowest BCUT2D eigenvalue weighted by atomic mass is 10.4. The van der Waals surface area contributed by atoms with Gasteiger partial charge in [0.05, 0.1) is 0 Å². The molecule has 0 radical (unpaired) electrons. The zero-order chi connectivity index (χ0) is 16.5. The minimum Gasteiger partial charge on any atom is -0.355 e. The molecule has 0 spiro atoms. The van der Waals surface area contributed by atoms with Gasteiger partial charge in [-0.3, -0.25) is 4.79 Å². The van der Waals surface area contributed by atoms with Gasteiger partial charge in [0.2, 0.25) is 5.91 Å². The number of thioether (sulfide) groups is 2. The van der Waals surface area contributed by atoms with Gasteiger partial charge in [0, 0.05) is 44.3 Å². The second-order valence-electron chi connectivity index (χ2n) is 4.70. The van der Waals surface area contributed by atoms with E-state index in [9.17, 15) is 4.79 Å². The third-order valence-electron chi connectivity index (χ3n) is 2.92. The van der Waals surface area contributed by atoms with Gasteiger partial charge in [0.1, 0.15) is 0 Å². The molecule has 0 aliphatic rings. The van der Waals surface area contributed by atoms with E-state index in [0.717, 1.165) is 31.3 Å². The Kier molecular flexibility index (Phi) is 8.17. The van der Waals surface area contributed by atoms with Crippen molar-refractivity contribution in [3.8, 4) is 0 Å². The molecule has 0 fully saturated rings. The Hall–Kier alpha value is -0.810. The summed E-state index contributed by atoms with van der Waals surface area (Å²) in [5, 5.41) is 4.40. The van der Waals surface area contributed by atoms with Gasteiger partial charge in [-0.1, -0.05) is 23.2 Å². The van der Waals surface area contributed by atoms with Gasteiger partial charge in [0.25, 0.3) is 0 Å². The van der Waals surface area contributed by atoms with E-state index in [1.807, 2.05) is 48.5 Å². The molecule has 0 aliphatic heterocycles. The first kappa shape index (κ1) is 18.5.